The van der Waals surface area contributed by atoms with Crippen molar-refractivity contribution in [1.82, 2.24) is 0 Å². The summed E-state index contributed by atoms with van der Waals surface area (Å²) in [7, 11) is -3.70. The van der Waals surface area contributed by atoms with Crippen LogP contribution in [0.25, 0.3) is 0 Å². The van der Waals surface area contributed by atoms with Crippen LogP contribution in [0.2, 0.25) is 0 Å². The highest BCUT2D eigenvalue weighted by atomic mass is 32.2. The highest BCUT2D eigenvalue weighted by Gasteiger charge is 2.23. The molecule has 6 heteroatoms. The summed E-state index contributed by atoms with van der Waals surface area (Å²) < 4.78 is 22.8. The minimum absolute atomic E-state index is 0.114. The van der Waals surface area contributed by atoms with Crippen molar-refractivity contribution >= 4 is 15.7 Å². The summed E-state index contributed by atoms with van der Waals surface area (Å²) in [6.07, 6.45) is 2.34. The Morgan fingerprint density at radius 3 is 2.67 bits per heavy atom. The van der Waals surface area contributed by atoms with E-state index in [9.17, 15) is 13.5 Å². The number of anilines is 1. The predicted octanol–water partition coefficient (Wildman–Crippen LogP) is 0.907. The zero-order valence-corrected chi connectivity index (χ0v) is 10.9. The van der Waals surface area contributed by atoms with Crippen molar-refractivity contribution < 1.29 is 13.5 Å². The normalized spacial score (nSPS) is 24.1. The minimum atomic E-state index is -3.70. The number of hydrogen-bond donors (Lipinski definition) is 3. The first kappa shape index (κ1) is 13.3. The van der Waals surface area contributed by atoms with Gasteiger partial charge in [0.15, 0.2) is 0 Å². The number of para-hydroxylation sites is 1. The molecule has 0 bridgehead atoms. The molecule has 1 fully saturated rings. The molecule has 100 valence electrons. The quantitative estimate of drug-likeness (QED) is 0.758. The van der Waals surface area contributed by atoms with Crippen molar-refractivity contribution in [3.8, 4) is 0 Å². The SMILES string of the molecule is NS(=O)(=O)c1ccccc1NCC1CCC(O)C1. The second-order valence-electron chi connectivity index (χ2n) is 4.75. The van der Waals surface area contributed by atoms with Gasteiger partial charge in [-0.05, 0) is 37.3 Å². The molecule has 0 saturated heterocycles. The van der Waals surface area contributed by atoms with E-state index >= 15 is 0 Å². The number of primary sulfonamides is 1. The molecule has 0 amide bonds. The van der Waals surface area contributed by atoms with Gasteiger partial charge in [0.05, 0.1) is 11.8 Å². The minimum Gasteiger partial charge on any atom is -0.393 e. The second-order valence-corrected chi connectivity index (χ2v) is 6.28. The van der Waals surface area contributed by atoms with Gasteiger partial charge in [0.25, 0.3) is 0 Å². The molecule has 0 aliphatic heterocycles. The van der Waals surface area contributed by atoms with Gasteiger partial charge in [-0.1, -0.05) is 12.1 Å². The molecule has 1 aromatic rings. The monoisotopic (exact) mass is 270 g/mol. The van der Waals surface area contributed by atoms with Crippen LogP contribution in [0, 0.1) is 5.92 Å². The molecular weight excluding hydrogens is 252 g/mol. The van der Waals surface area contributed by atoms with Gasteiger partial charge < -0.3 is 10.4 Å². The summed E-state index contributed by atoms with van der Waals surface area (Å²) >= 11 is 0. The smallest absolute Gasteiger partial charge is 0.240 e. The lowest BCUT2D eigenvalue weighted by Crippen LogP contribution is -2.18. The van der Waals surface area contributed by atoms with Gasteiger partial charge in [-0.25, -0.2) is 13.6 Å². The Morgan fingerprint density at radius 1 is 1.33 bits per heavy atom. The Labute approximate surface area is 107 Å². The summed E-state index contributed by atoms with van der Waals surface area (Å²) in [5.74, 6) is 0.383. The molecule has 1 aliphatic carbocycles. The summed E-state index contributed by atoms with van der Waals surface area (Å²) in [6, 6.07) is 6.59. The lowest BCUT2D eigenvalue weighted by atomic mass is 10.1. The van der Waals surface area contributed by atoms with E-state index in [0.29, 0.717) is 18.2 Å². The average Bonchev–Trinajstić information content (AvgIpc) is 2.72. The van der Waals surface area contributed by atoms with Gasteiger partial charge in [0, 0.05) is 6.54 Å². The van der Waals surface area contributed by atoms with E-state index in [4.69, 9.17) is 5.14 Å². The van der Waals surface area contributed by atoms with Crippen LogP contribution in [0.4, 0.5) is 5.69 Å². The van der Waals surface area contributed by atoms with Crippen molar-refractivity contribution in [2.45, 2.75) is 30.3 Å². The van der Waals surface area contributed by atoms with E-state index in [1.165, 1.54) is 6.07 Å². The maximum atomic E-state index is 11.4. The van der Waals surface area contributed by atoms with Crippen LogP contribution in [0.3, 0.4) is 0 Å². The summed E-state index contributed by atoms with van der Waals surface area (Å²) in [5.41, 5.74) is 0.529. The first-order chi connectivity index (χ1) is 8.47. The molecule has 2 atom stereocenters. The van der Waals surface area contributed by atoms with Crippen molar-refractivity contribution in [3.05, 3.63) is 24.3 Å². The van der Waals surface area contributed by atoms with Crippen LogP contribution in [0.1, 0.15) is 19.3 Å². The third-order valence-electron chi connectivity index (χ3n) is 3.29. The van der Waals surface area contributed by atoms with E-state index in [2.05, 4.69) is 5.32 Å². The lowest BCUT2D eigenvalue weighted by Gasteiger charge is -2.14. The fourth-order valence-electron chi connectivity index (χ4n) is 2.35. The Hall–Kier alpha value is -1.11. The van der Waals surface area contributed by atoms with Gasteiger partial charge in [-0.3, -0.25) is 0 Å². The number of aliphatic hydroxyl groups is 1. The van der Waals surface area contributed by atoms with Gasteiger partial charge in [0.1, 0.15) is 4.90 Å². The molecule has 0 heterocycles. The molecule has 0 radical (unpaired) electrons. The van der Waals surface area contributed by atoms with E-state index in [1.807, 2.05) is 0 Å². The molecule has 0 aromatic heterocycles. The Kier molecular flexibility index (Phi) is 3.89. The molecule has 5 nitrogen and oxygen atoms in total. The molecule has 1 aliphatic rings. The van der Waals surface area contributed by atoms with Crippen molar-refractivity contribution in [2.24, 2.45) is 11.1 Å². The molecule has 2 rings (SSSR count). The molecule has 2 unspecified atom stereocenters. The second kappa shape index (κ2) is 5.26. The molecule has 18 heavy (non-hydrogen) atoms. The van der Waals surface area contributed by atoms with Gasteiger partial charge >= 0.3 is 0 Å². The highest BCUT2D eigenvalue weighted by molar-refractivity contribution is 7.89. The first-order valence-corrected chi connectivity index (χ1v) is 7.55. The summed E-state index contributed by atoms with van der Waals surface area (Å²) in [6.45, 7) is 0.656. The number of nitrogens with two attached hydrogens (primary N) is 1. The molecular formula is C12H18N2O3S. The number of hydrogen-bond acceptors (Lipinski definition) is 4. The van der Waals surface area contributed by atoms with Gasteiger partial charge in [0.2, 0.25) is 10.0 Å². The van der Waals surface area contributed by atoms with E-state index in [-0.39, 0.29) is 11.0 Å². The third kappa shape index (κ3) is 3.22. The Balaban J connectivity index is 2.06. The summed E-state index contributed by atoms with van der Waals surface area (Å²) in [5, 5.41) is 17.7. The lowest BCUT2D eigenvalue weighted by molar-refractivity contribution is 0.178. The van der Waals surface area contributed by atoms with Crippen LogP contribution < -0.4 is 10.5 Å². The molecule has 0 spiro atoms. The van der Waals surface area contributed by atoms with Crippen LogP contribution >= 0.6 is 0 Å². The number of rotatable bonds is 4. The fourth-order valence-corrected chi connectivity index (χ4v) is 3.06. The maximum absolute atomic E-state index is 11.4. The van der Waals surface area contributed by atoms with E-state index in [0.717, 1.165) is 19.3 Å². The summed E-state index contributed by atoms with van der Waals surface area (Å²) in [4.78, 5) is 0.114. The standard InChI is InChI=1S/C12H18N2O3S/c13-18(16,17)12-4-2-1-3-11(12)14-8-9-5-6-10(15)7-9/h1-4,9-10,14-15H,5-8H2,(H2,13,16,17). The van der Waals surface area contributed by atoms with Crippen LogP contribution in [-0.4, -0.2) is 26.2 Å². The Morgan fingerprint density at radius 2 is 2.06 bits per heavy atom. The fraction of sp³-hybridized carbons (Fsp3) is 0.500. The molecule has 1 aromatic carbocycles. The van der Waals surface area contributed by atoms with Crippen LogP contribution in [0.5, 0.6) is 0 Å². The van der Waals surface area contributed by atoms with Crippen LogP contribution in [0.15, 0.2) is 29.2 Å². The van der Waals surface area contributed by atoms with Gasteiger partial charge in [-0.2, -0.15) is 0 Å². The van der Waals surface area contributed by atoms with Crippen LogP contribution in [-0.2, 0) is 10.0 Å². The largest absolute Gasteiger partial charge is 0.393 e. The number of nitrogens with one attached hydrogen (secondary N) is 1. The average molecular weight is 270 g/mol. The Bertz CT molecular complexity index is 516. The predicted molar refractivity (Wildman–Crippen MR) is 69.7 cm³/mol. The maximum Gasteiger partial charge on any atom is 0.240 e. The van der Waals surface area contributed by atoms with Crippen molar-refractivity contribution in [3.63, 3.8) is 0 Å². The highest BCUT2D eigenvalue weighted by Crippen LogP contribution is 2.27. The zero-order chi connectivity index (χ0) is 13.2. The van der Waals surface area contributed by atoms with E-state index < -0.39 is 10.0 Å². The van der Waals surface area contributed by atoms with Crippen molar-refractivity contribution in [1.29, 1.82) is 0 Å². The number of sulfonamides is 1. The zero-order valence-electron chi connectivity index (χ0n) is 10.0. The third-order valence-corrected chi connectivity index (χ3v) is 4.26. The number of aliphatic hydroxyl groups excluding tert-OH is 1. The molecule has 1 saturated carbocycles. The van der Waals surface area contributed by atoms with Crippen molar-refractivity contribution in [2.75, 3.05) is 11.9 Å². The molecule has 4 N–H and O–H groups in total. The van der Waals surface area contributed by atoms with E-state index in [1.54, 1.807) is 18.2 Å². The number of benzene rings is 1. The first-order valence-electron chi connectivity index (χ1n) is 6.00. The van der Waals surface area contributed by atoms with Gasteiger partial charge in [-0.15, -0.1) is 0 Å². The topological polar surface area (TPSA) is 92.4 Å².